The van der Waals surface area contributed by atoms with Gasteiger partial charge in [-0.05, 0) is 26.0 Å². The number of anilines is 1. The van der Waals surface area contributed by atoms with E-state index in [1.807, 2.05) is 12.1 Å². The summed E-state index contributed by atoms with van der Waals surface area (Å²) in [7, 11) is 0. The van der Waals surface area contributed by atoms with Gasteiger partial charge in [0.05, 0.1) is 12.2 Å². The smallest absolute Gasteiger partial charge is 0.161 e. The van der Waals surface area contributed by atoms with Gasteiger partial charge in [0.15, 0.2) is 5.82 Å². The lowest BCUT2D eigenvalue weighted by Crippen LogP contribution is -2.55. The van der Waals surface area contributed by atoms with Gasteiger partial charge in [0.25, 0.3) is 0 Å². The Hall–Kier alpha value is -2.05. The summed E-state index contributed by atoms with van der Waals surface area (Å²) >= 11 is 0. The number of hydrogen-bond donors (Lipinski definition) is 0. The fraction of sp³-hybridized carbons (Fsp3) is 0.526. The summed E-state index contributed by atoms with van der Waals surface area (Å²) in [6.07, 6.45) is 5.45. The topological polar surface area (TPSA) is 60.4 Å². The van der Waals surface area contributed by atoms with Gasteiger partial charge in [0.2, 0.25) is 0 Å². The first-order valence-electron chi connectivity index (χ1n) is 8.89. The molecule has 2 fully saturated rings. The van der Waals surface area contributed by atoms with Crippen LogP contribution in [0.5, 0.6) is 0 Å². The number of morpholine rings is 1. The number of pyridine rings is 1. The Bertz CT molecular complexity index is 739. The summed E-state index contributed by atoms with van der Waals surface area (Å²) < 4.78 is 11.7. The molecule has 0 bridgehead atoms. The second-order valence-corrected chi connectivity index (χ2v) is 6.88. The van der Waals surface area contributed by atoms with Crippen LogP contribution in [-0.2, 0) is 9.47 Å². The molecule has 0 unspecified atom stereocenters. The van der Waals surface area contributed by atoms with Gasteiger partial charge in [-0.25, -0.2) is 9.97 Å². The van der Waals surface area contributed by atoms with E-state index >= 15 is 0 Å². The molecule has 0 radical (unpaired) electrons. The van der Waals surface area contributed by atoms with Crippen molar-refractivity contribution < 1.29 is 9.47 Å². The third-order valence-electron chi connectivity index (χ3n) is 5.25. The van der Waals surface area contributed by atoms with Crippen molar-refractivity contribution in [1.29, 1.82) is 0 Å². The van der Waals surface area contributed by atoms with Crippen molar-refractivity contribution in [3.8, 4) is 11.4 Å². The van der Waals surface area contributed by atoms with Crippen molar-refractivity contribution in [2.75, 3.05) is 37.8 Å². The lowest BCUT2D eigenvalue weighted by molar-refractivity contribution is -0.116. The minimum atomic E-state index is -0.0986. The summed E-state index contributed by atoms with van der Waals surface area (Å²) in [6.45, 7) is 8.16. The maximum Gasteiger partial charge on any atom is 0.161 e. The average Bonchev–Trinajstić information content (AvgIpc) is 2.65. The molecular weight excluding hydrogens is 316 g/mol. The van der Waals surface area contributed by atoms with Crippen LogP contribution in [0.1, 0.15) is 24.1 Å². The maximum atomic E-state index is 6.17. The average molecular weight is 340 g/mol. The SMILES string of the molecule is Cc1nc(-c2ccncc2)nc(N2CCOC3(CCOCC3)C2)c1C. The number of hydrogen-bond acceptors (Lipinski definition) is 6. The van der Waals surface area contributed by atoms with Crippen LogP contribution in [0.15, 0.2) is 24.5 Å². The number of rotatable bonds is 2. The van der Waals surface area contributed by atoms with Crippen LogP contribution in [-0.4, -0.2) is 53.5 Å². The van der Waals surface area contributed by atoms with E-state index in [-0.39, 0.29) is 5.60 Å². The van der Waals surface area contributed by atoms with Crippen LogP contribution in [0, 0.1) is 13.8 Å². The predicted molar refractivity (Wildman–Crippen MR) is 95.7 cm³/mol. The first-order valence-corrected chi connectivity index (χ1v) is 8.89. The van der Waals surface area contributed by atoms with Crippen molar-refractivity contribution in [2.45, 2.75) is 32.3 Å². The summed E-state index contributed by atoms with van der Waals surface area (Å²) in [5.74, 6) is 1.78. The van der Waals surface area contributed by atoms with E-state index in [1.165, 1.54) is 0 Å². The highest BCUT2D eigenvalue weighted by atomic mass is 16.5. The van der Waals surface area contributed by atoms with Crippen LogP contribution in [0.25, 0.3) is 11.4 Å². The van der Waals surface area contributed by atoms with Gasteiger partial charge < -0.3 is 14.4 Å². The van der Waals surface area contributed by atoms with Crippen molar-refractivity contribution >= 4 is 5.82 Å². The lowest BCUT2D eigenvalue weighted by Gasteiger charge is -2.45. The predicted octanol–water partition coefficient (Wildman–Crippen LogP) is 2.54. The third kappa shape index (κ3) is 3.24. The second-order valence-electron chi connectivity index (χ2n) is 6.88. The van der Waals surface area contributed by atoms with Gasteiger partial charge in [0, 0.05) is 68.4 Å². The van der Waals surface area contributed by atoms with Gasteiger partial charge in [0.1, 0.15) is 5.82 Å². The summed E-state index contributed by atoms with van der Waals surface area (Å²) in [6, 6.07) is 3.90. The molecule has 0 saturated carbocycles. The quantitative estimate of drug-likeness (QED) is 0.837. The van der Waals surface area contributed by atoms with E-state index in [9.17, 15) is 0 Å². The molecule has 0 aromatic carbocycles. The zero-order valence-electron chi connectivity index (χ0n) is 14.9. The monoisotopic (exact) mass is 340 g/mol. The summed E-state index contributed by atoms with van der Waals surface area (Å²) in [5.41, 5.74) is 3.05. The van der Waals surface area contributed by atoms with E-state index in [0.717, 1.165) is 74.2 Å². The molecule has 0 aliphatic carbocycles. The highest BCUT2D eigenvalue weighted by Gasteiger charge is 2.39. The highest BCUT2D eigenvalue weighted by Crippen LogP contribution is 2.33. The van der Waals surface area contributed by atoms with Gasteiger partial charge in [-0.1, -0.05) is 0 Å². The Morgan fingerprint density at radius 2 is 1.80 bits per heavy atom. The minimum absolute atomic E-state index is 0.0986. The lowest BCUT2D eigenvalue weighted by atomic mass is 9.92. The minimum Gasteiger partial charge on any atom is -0.381 e. The molecule has 6 heteroatoms. The highest BCUT2D eigenvalue weighted by molar-refractivity contribution is 5.60. The van der Waals surface area contributed by atoms with E-state index in [2.05, 4.69) is 28.7 Å². The zero-order valence-corrected chi connectivity index (χ0v) is 14.9. The number of aryl methyl sites for hydroxylation is 1. The van der Waals surface area contributed by atoms with Gasteiger partial charge >= 0.3 is 0 Å². The Morgan fingerprint density at radius 3 is 2.56 bits per heavy atom. The number of nitrogens with zero attached hydrogens (tertiary/aromatic N) is 4. The first kappa shape index (κ1) is 16.4. The Labute approximate surface area is 148 Å². The fourth-order valence-corrected chi connectivity index (χ4v) is 3.62. The van der Waals surface area contributed by atoms with Gasteiger partial charge in [-0.2, -0.15) is 0 Å². The van der Waals surface area contributed by atoms with E-state index in [0.29, 0.717) is 0 Å². The van der Waals surface area contributed by atoms with Crippen LogP contribution in [0.4, 0.5) is 5.82 Å². The van der Waals surface area contributed by atoms with Crippen molar-refractivity contribution in [3.05, 3.63) is 35.8 Å². The molecule has 25 heavy (non-hydrogen) atoms. The third-order valence-corrected chi connectivity index (χ3v) is 5.25. The number of ether oxygens (including phenoxy) is 2. The fourth-order valence-electron chi connectivity index (χ4n) is 3.62. The molecule has 2 aromatic rings. The molecule has 2 aromatic heterocycles. The molecule has 132 valence electrons. The molecule has 1 spiro atoms. The van der Waals surface area contributed by atoms with Crippen LogP contribution < -0.4 is 4.90 Å². The molecule has 4 heterocycles. The summed E-state index contributed by atoms with van der Waals surface area (Å²) in [5, 5.41) is 0. The van der Waals surface area contributed by atoms with Gasteiger partial charge in [-0.3, -0.25) is 4.98 Å². The van der Waals surface area contributed by atoms with E-state index < -0.39 is 0 Å². The zero-order chi connectivity index (χ0) is 17.3. The molecule has 0 amide bonds. The molecule has 4 rings (SSSR count). The van der Waals surface area contributed by atoms with Crippen molar-refractivity contribution in [2.24, 2.45) is 0 Å². The number of aromatic nitrogens is 3. The van der Waals surface area contributed by atoms with E-state index in [4.69, 9.17) is 14.5 Å². The Balaban J connectivity index is 1.68. The molecular formula is C19H24N4O2. The second kappa shape index (κ2) is 6.69. The normalized spacial score (nSPS) is 20.0. The Kier molecular flexibility index (Phi) is 4.39. The van der Waals surface area contributed by atoms with Crippen LogP contribution in [0.2, 0.25) is 0 Å². The van der Waals surface area contributed by atoms with Crippen molar-refractivity contribution in [1.82, 2.24) is 15.0 Å². The molecule has 6 nitrogen and oxygen atoms in total. The van der Waals surface area contributed by atoms with Crippen molar-refractivity contribution in [3.63, 3.8) is 0 Å². The molecule has 0 atom stereocenters. The van der Waals surface area contributed by atoms with Crippen LogP contribution in [0.3, 0.4) is 0 Å². The standard InChI is InChI=1S/C19H24N4O2/c1-14-15(2)21-17(16-3-7-20-8-4-16)22-18(14)23-9-12-25-19(13-23)5-10-24-11-6-19/h3-4,7-8H,5-6,9-13H2,1-2H3. The first-order chi connectivity index (χ1) is 12.2. The van der Waals surface area contributed by atoms with Crippen LogP contribution >= 0.6 is 0 Å². The molecule has 2 saturated heterocycles. The maximum absolute atomic E-state index is 6.17. The molecule has 2 aliphatic rings. The Morgan fingerprint density at radius 1 is 1.04 bits per heavy atom. The summed E-state index contributed by atoms with van der Waals surface area (Å²) in [4.78, 5) is 16.0. The van der Waals surface area contributed by atoms with Gasteiger partial charge in [-0.15, -0.1) is 0 Å². The molecule has 2 aliphatic heterocycles. The molecule has 0 N–H and O–H groups in total. The largest absolute Gasteiger partial charge is 0.381 e. The van der Waals surface area contributed by atoms with E-state index in [1.54, 1.807) is 12.4 Å².